The van der Waals surface area contributed by atoms with E-state index in [9.17, 15) is 9.90 Å². The number of hydrogen-bond donors (Lipinski definition) is 2. The molecular formula is C13H16O6. The molecule has 0 unspecified atom stereocenters. The van der Waals surface area contributed by atoms with Gasteiger partial charge in [-0.3, -0.25) is 0 Å². The molecule has 1 heterocycles. The zero-order valence-corrected chi connectivity index (χ0v) is 10.3. The summed E-state index contributed by atoms with van der Waals surface area (Å²) < 4.78 is 15.2. The summed E-state index contributed by atoms with van der Waals surface area (Å²) in [6.45, 7) is -0.289. The maximum absolute atomic E-state index is 11.6. The lowest BCUT2D eigenvalue weighted by Crippen LogP contribution is -2.34. The van der Waals surface area contributed by atoms with E-state index in [-0.39, 0.29) is 19.8 Å². The first kappa shape index (κ1) is 14.0. The minimum Gasteiger partial charge on any atom is -0.459 e. The number of carbonyl (C=O) groups is 1. The SMILES string of the molecule is O=C(OC[C@H](O)[C@H]1CO[C@@H](CO)O1)c1ccccc1. The number of ether oxygens (including phenoxy) is 3. The van der Waals surface area contributed by atoms with E-state index in [2.05, 4.69) is 0 Å². The van der Waals surface area contributed by atoms with Gasteiger partial charge in [-0.05, 0) is 12.1 Å². The molecule has 0 aliphatic carbocycles. The summed E-state index contributed by atoms with van der Waals surface area (Å²) in [5, 5.41) is 18.6. The van der Waals surface area contributed by atoms with Gasteiger partial charge >= 0.3 is 5.97 Å². The van der Waals surface area contributed by atoms with Crippen LogP contribution in [0.4, 0.5) is 0 Å². The van der Waals surface area contributed by atoms with Crippen LogP contribution in [0.1, 0.15) is 10.4 Å². The van der Waals surface area contributed by atoms with Crippen molar-refractivity contribution in [2.24, 2.45) is 0 Å². The van der Waals surface area contributed by atoms with Gasteiger partial charge in [0.2, 0.25) is 0 Å². The fourth-order valence-electron chi connectivity index (χ4n) is 1.70. The Balaban J connectivity index is 1.78. The summed E-state index contributed by atoms with van der Waals surface area (Å²) in [5.74, 6) is -0.503. The molecule has 1 aliphatic rings. The number of rotatable bonds is 5. The van der Waals surface area contributed by atoms with Crippen LogP contribution >= 0.6 is 0 Å². The Bertz CT molecular complexity index is 407. The highest BCUT2D eigenvalue weighted by Gasteiger charge is 2.31. The van der Waals surface area contributed by atoms with Crippen molar-refractivity contribution in [1.29, 1.82) is 0 Å². The molecule has 0 aromatic heterocycles. The highest BCUT2D eigenvalue weighted by Crippen LogP contribution is 2.15. The molecule has 1 aromatic carbocycles. The molecule has 0 saturated carbocycles. The monoisotopic (exact) mass is 268 g/mol. The Hall–Kier alpha value is -1.47. The van der Waals surface area contributed by atoms with Crippen molar-refractivity contribution in [2.45, 2.75) is 18.5 Å². The average Bonchev–Trinajstić information content (AvgIpc) is 2.94. The third kappa shape index (κ3) is 3.74. The van der Waals surface area contributed by atoms with E-state index < -0.39 is 24.5 Å². The van der Waals surface area contributed by atoms with E-state index in [4.69, 9.17) is 19.3 Å². The summed E-state index contributed by atoms with van der Waals surface area (Å²) in [6.07, 6.45) is -2.30. The Morgan fingerprint density at radius 1 is 1.42 bits per heavy atom. The van der Waals surface area contributed by atoms with Crippen LogP contribution in [0.15, 0.2) is 30.3 Å². The second-order valence-electron chi connectivity index (χ2n) is 4.15. The average molecular weight is 268 g/mol. The minimum atomic E-state index is -0.982. The van der Waals surface area contributed by atoms with Gasteiger partial charge in [0.05, 0.1) is 18.8 Å². The second kappa shape index (κ2) is 6.63. The third-order valence-electron chi connectivity index (χ3n) is 2.75. The fourth-order valence-corrected chi connectivity index (χ4v) is 1.70. The number of carbonyl (C=O) groups excluding carboxylic acids is 1. The molecule has 0 amide bonds. The molecule has 3 atom stereocenters. The van der Waals surface area contributed by atoms with Crippen LogP contribution in [0.2, 0.25) is 0 Å². The Morgan fingerprint density at radius 2 is 2.16 bits per heavy atom. The number of esters is 1. The number of hydrogen-bond acceptors (Lipinski definition) is 6. The van der Waals surface area contributed by atoms with Gasteiger partial charge < -0.3 is 24.4 Å². The molecule has 0 radical (unpaired) electrons. The molecule has 1 saturated heterocycles. The van der Waals surface area contributed by atoms with E-state index in [1.54, 1.807) is 30.3 Å². The Morgan fingerprint density at radius 3 is 2.79 bits per heavy atom. The van der Waals surface area contributed by atoms with Crippen LogP contribution in [-0.2, 0) is 14.2 Å². The lowest BCUT2D eigenvalue weighted by atomic mass is 10.2. The van der Waals surface area contributed by atoms with Crippen molar-refractivity contribution < 1.29 is 29.2 Å². The lowest BCUT2D eigenvalue weighted by Gasteiger charge is -2.16. The van der Waals surface area contributed by atoms with Crippen LogP contribution in [0.3, 0.4) is 0 Å². The first-order valence-electron chi connectivity index (χ1n) is 5.99. The zero-order valence-electron chi connectivity index (χ0n) is 10.3. The summed E-state index contributed by atoms with van der Waals surface area (Å²) in [4.78, 5) is 11.6. The summed E-state index contributed by atoms with van der Waals surface area (Å²) in [5.41, 5.74) is 0.423. The predicted molar refractivity (Wildman–Crippen MR) is 64.4 cm³/mol. The van der Waals surface area contributed by atoms with Crippen molar-refractivity contribution in [2.75, 3.05) is 19.8 Å². The molecule has 1 aliphatic heterocycles. The van der Waals surface area contributed by atoms with Crippen LogP contribution < -0.4 is 0 Å². The van der Waals surface area contributed by atoms with Gasteiger partial charge in [-0.25, -0.2) is 4.79 Å². The molecule has 0 spiro atoms. The highest BCUT2D eigenvalue weighted by molar-refractivity contribution is 5.89. The van der Waals surface area contributed by atoms with Crippen LogP contribution in [-0.4, -0.2) is 54.5 Å². The van der Waals surface area contributed by atoms with Crippen molar-refractivity contribution >= 4 is 5.97 Å². The van der Waals surface area contributed by atoms with Gasteiger partial charge in [0.25, 0.3) is 0 Å². The first-order valence-corrected chi connectivity index (χ1v) is 5.99. The number of benzene rings is 1. The van der Waals surface area contributed by atoms with E-state index in [1.807, 2.05) is 0 Å². The first-order chi connectivity index (χ1) is 9.20. The van der Waals surface area contributed by atoms with Crippen molar-refractivity contribution in [3.8, 4) is 0 Å². The molecule has 2 rings (SSSR count). The topological polar surface area (TPSA) is 85.2 Å². The molecule has 0 bridgehead atoms. The Labute approximate surface area is 110 Å². The normalized spacial score (nSPS) is 24.1. The quantitative estimate of drug-likeness (QED) is 0.728. The second-order valence-corrected chi connectivity index (χ2v) is 4.15. The predicted octanol–water partition coefficient (Wildman–Crippen LogP) is -0.0619. The van der Waals surface area contributed by atoms with Crippen molar-refractivity contribution in [3.63, 3.8) is 0 Å². The van der Waals surface area contributed by atoms with Gasteiger partial charge in [-0.1, -0.05) is 18.2 Å². The van der Waals surface area contributed by atoms with Crippen LogP contribution in [0.5, 0.6) is 0 Å². The van der Waals surface area contributed by atoms with E-state index in [1.165, 1.54) is 0 Å². The summed E-state index contributed by atoms with van der Waals surface area (Å²) in [7, 11) is 0. The molecule has 6 heteroatoms. The minimum absolute atomic E-state index is 0.162. The zero-order chi connectivity index (χ0) is 13.7. The maximum Gasteiger partial charge on any atom is 0.338 e. The lowest BCUT2D eigenvalue weighted by molar-refractivity contribution is -0.110. The van der Waals surface area contributed by atoms with Gasteiger partial charge in [-0.2, -0.15) is 0 Å². The standard InChI is InChI=1S/C13H16O6/c14-6-12-17-8-11(19-12)10(15)7-18-13(16)9-4-2-1-3-5-9/h1-5,10-12,14-15H,6-8H2/t10-,11+,12+/m0/s1. The van der Waals surface area contributed by atoms with E-state index in [0.29, 0.717) is 5.56 Å². The smallest absolute Gasteiger partial charge is 0.338 e. The highest BCUT2D eigenvalue weighted by atomic mass is 16.7. The molecular weight excluding hydrogens is 252 g/mol. The molecule has 104 valence electrons. The number of aliphatic hydroxyl groups is 2. The van der Waals surface area contributed by atoms with E-state index >= 15 is 0 Å². The van der Waals surface area contributed by atoms with Gasteiger partial charge in [0.15, 0.2) is 6.29 Å². The molecule has 2 N–H and O–H groups in total. The van der Waals surface area contributed by atoms with Gasteiger partial charge in [0, 0.05) is 0 Å². The molecule has 1 aromatic rings. The van der Waals surface area contributed by atoms with Crippen molar-refractivity contribution in [1.82, 2.24) is 0 Å². The van der Waals surface area contributed by atoms with Crippen LogP contribution in [0, 0.1) is 0 Å². The third-order valence-corrected chi connectivity index (χ3v) is 2.75. The molecule has 6 nitrogen and oxygen atoms in total. The number of aliphatic hydroxyl groups excluding tert-OH is 2. The van der Waals surface area contributed by atoms with Gasteiger partial charge in [0.1, 0.15) is 18.8 Å². The molecule has 1 fully saturated rings. The van der Waals surface area contributed by atoms with E-state index in [0.717, 1.165) is 0 Å². The molecule has 19 heavy (non-hydrogen) atoms. The summed E-state index contributed by atoms with van der Waals surface area (Å²) in [6, 6.07) is 8.52. The largest absolute Gasteiger partial charge is 0.459 e. The Kier molecular flexibility index (Phi) is 4.86. The maximum atomic E-state index is 11.6. The van der Waals surface area contributed by atoms with Crippen molar-refractivity contribution in [3.05, 3.63) is 35.9 Å². The fraction of sp³-hybridized carbons (Fsp3) is 0.462. The van der Waals surface area contributed by atoms with Crippen LogP contribution in [0.25, 0.3) is 0 Å². The summed E-state index contributed by atoms with van der Waals surface area (Å²) >= 11 is 0. The van der Waals surface area contributed by atoms with Gasteiger partial charge in [-0.15, -0.1) is 0 Å².